The highest BCUT2D eigenvalue weighted by Crippen LogP contribution is 2.23. The molecule has 5 nitrogen and oxygen atoms in total. The summed E-state index contributed by atoms with van der Waals surface area (Å²) in [6, 6.07) is 4.21. The fourth-order valence-electron chi connectivity index (χ4n) is 1.97. The fraction of sp³-hybridized carbons (Fsp3) is 0.500. The third-order valence-electron chi connectivity index (χ3n) is 2.95. The van der Waals surface area contributed by atoms with Gasteiger partial charge < -0.3 is 9.84 Å². The van der Waals surface area contributed by atoms with E-state index in [-0.39, 0.29) is 22.6 Å². The molecule has 2 N–H and O–H groups in total. The summed E-state index contributed by atoms with van der Waals surface area (Å²) >= 11 is 5.92. The summed E-state index contributed by atoms with van der Waals surface area (Å²) in [6.45, 7) is 0.807. The predicted molar refractivity (Wildman–Crippen MR) is 71.5 cm³/mol. The number of hydrogen-bond donors (Lipinski definition) is 2. The lowest BCUT2D eigenvalue weighted by molar-refractivity contribution is 0.0774. The Labute approximate surface area is 117 Å². The van der Waals surface area contributed by atoms with Crippen LogP contribution in [-0.2, 0) is 21.4 Å². The van der Waals surface area contributed by atoms with Gasteiger partial charge in [0.25, 0.3) is 0 Å². The average Bonchev–Trinajstić information content (AvgIpc) is 2.39. The Morgan fingerprint density at radius 3 is 2.89 bits per heavy atom. The van der Waals surface area contributed by atoms with Crippen LogP contribution in [0.5, 0.6) is 0 Å². The molecule has 1 fully saturated rings. The van der Waals surface area contributed by atoms with Crippen LogP contribution in [-0.4, -0.2) is 32.8 Å². The second-order valence-electron chi connectivity index (χ2n) is 4.46. The largest absolute Gasteiger partial charge is 0.392 e. The van der Waals surface area contributed by atoms with Crippen LogP contribution in [0, 0.1) is 0 Å². The summed E-state index contributed by atoms with van der Waals surface area (Å²) in [5, 5.41) is 9.20. The predicted octanol–water partition coefficient (Wildman–Crippen LogP) is 1.29. The Morgan fingerprint density at radius 2 is 2.26 bits per heavy atom. The maximum atomic E-state index is 12.3. The van der Waals surface area contributed by atoms with Crippen molar-refractivity contribution in [2.75, 3.05) is 13.2 Å². The summed E-state index contributed by atoms with van der Waals surface area (Å²) in [5.74, 6) is 0. The van der Waals surface area contributed by atoms with Crippen LogP contribution in [0.1, 0.15) is 18.4 Å². The van der Waals surface area contributed by atoms with E-state index in [1.165, 1.54) is 12.1 Å². The molecule has 1 saturated heterocycles. The number of ether oxygens (including phenoxy) is 1. The van der Waals surface area contributed by atoms with Crippen LogP contribution in [0.3, 0.4) is 0 Å². The van der Waals surface area contributed by atoms with Crippen LogP contribution in [0.2, 0.25) is 5.02 Å². The molecule has 19 heavy (non-hydrogen) atoms. The molecule has 0 saturated carbocycles. The van der Waals surface area contributed by atoms with Gasteiger partial charge in [-0.25, -0.2) is 13.1 Å². The minimum atomic E-state index is -3.70. The van der Waals surface area contributed by atoms with Gasteiger partial charge in [-0.05, 0) is 30.5 Å². The van der Waals surface area contributed by atoms with Gasteiger partial charge in [0.15, 0.2) is 0 Å². The van der Waals surface area contributed by atoms with Gasteiger partial charge in [-0.3, -0.25) is 0 Å². The third kappa shape index (κ3) is 3.67. The summed E-state index contributed by atoms with van der Waals surface area (Å²) in [4.78, 5) is -0.00806. The molecule has 1 atom stereocenters. The summed E-state index contributed by atoms with van der Waals surface area (Å²) in [7, 11) is -3.70. The van der Waals surface area contributed by atoms with E-state index in [1.807, 2.05) is 0 Å². The smallest absolute Gasteiger partial charge is 0.242 e. The van der Waals surface area contributed by atoms with Crippen molar-refractivity contribution in [3.8, 4) is 0 Å². The number of aliphatic hydroxyl groups excluding tert-OH is 1. The number of hydrogen-bond acceptors (Lipinski definition) is 4. The summed E-state index contributed by atoms with van der Waals surface area (Å²) in [6.07, 6.45) is 1.58. The van der Waals surface area contributed by atoms with Crippen molar-refractivity contribution in [1.82, 2.24) is 4.72 Å². The van der Waals surface area contributed by atoms with E-state index >= 15 is 0 Å². The van der Waals surface area contributed by atoms with E-state index in [1.54, 1.807) is 6.07 Å². The number of rotatable bonds is 4. The average molecular weight is 306 g/mol. The van der Waals surface area contributed by atoms with E-state index in [0.29, 0.717) is 18.8 Å². The maximum Gasteiger partial charge on any atom is 0.242 e. The van der Waals surface area contributed by atoms with Crippen molar-refractivity contribution < 1.29 is 18.3 Å². The Morgan fingerprint density at radius 1 is 1.47 bits per heavy atom. The third-order valence-corrected chi connectivity index (χ3v) is 4.95. The molecule has 0 aliphatic carbocycles. The highest BCUT2D eigenvalue weighted by Gasteiger charge is 2.24. The number of benzene rings is 1. The van der Waals surface area contributed by atoms with Gasteiger partial charge in [-0.1, -0.05) is 17.7 Å². The normalized spacial score (nSPS) is 20.4. The first-order chi connectivity index (χ1) is 9.03. The van der Waals surface area contributed by atoms with Gasteiger partial charge >= 0.3 is 0 Å². The van der Waals surface area contributed by atoms with Crippen LogP contribution < -0.4 is 4.72 Å². The zero-order valence-electron chi connectivity index (χ0n) is 10.3. The molecule has 1 heterocycles. The zero-order valence-corrected chi connectivity index (χ0v) is 11.9. The first-order valence-electron chi connectivity index (χ1n) is 6.02. The molecule has 1 unspecified atom stereocenters. The van der Waals surface area contributed by atoms with Crippen molar-refractivity contribution in [3.63, 3.8) is 0 Å². The number of nitrogens with one attached hydrogen (secondary N) is 1. The molecule has 1 aliphatic heterocycles. The van der Waals surface area contributed by atoms with E-state index in [9.17, 15) is 8.42 Å². The summed E-state index contributed by atoms with van der Waals surface area (Å²) in [5.41, 5.74) is 0.504. The second-order valence-corrected chi connectivity index (χ2v) is 6.55. The Balaban J connectivity index is 2.23. The van der Waals surface area contributed by atoms with Crippen molar-refractivity contribution in [2.45, 2.75) is 30.4 Å². The lowest BCUT2D eigenvalue weighted by Gasteiger charge is -2.23. The molecule has 0 amide bonds. The molecule has 0 radical (unpaired) electrons. The van der Waals surface area contributed by atoms with Gasteiger partial charge in [-0.15, -0.1) is 0 Å². The highest BCUT2D eigenvalue weighted by atomic mass is 35.5. The van der Waals surface area contributed by atoms with E-state index < -0.39 is 10.0 Å². The zero-order chi connectivity index (χ0) is 13.9. The van der Waals surface area contributed by atoms with Crippen molar-refractivity contribution in [3.05, 3.63) is 28.8 Å². The number of aliphatic hydroxyl groups is 1. The van der Waals surface area contributed by atoms with Crippen molar-refractivity contribution >= 4 is 21.6 Å². The minimum absolute atomic E-state index is 0.00806. The lowest BCUT2D eigenvalue weighted by Crippen LogP contribution is -2.40. The lowest BCUT2D eigenvalue weighted by atomic mass is 10.1. The topological polar surface area (TPSA) is 75.6 Å². The van der Waals surface area contributed by atoms with Crippen LogP contribution in [0.25, 0.3) is 0 Å². The van der Waals surface area contributed by atoms with Gasteiger partial charge in [0, 0.05) is 12.6 Å². The molecule has 0 spiro atoms. The molecule has 0 bridgehead atoms. The Bertz CT molecular complexity index is 541. The summed E-state index contributed by atoms with van der Waals surface area (Å²) < 4.78 is 32.3. The quantitative estimate of drug-likeness (QED) is 0.879. The first kappa shape index (κ1) is 14.7. The molecule has 0 aromatic heterocycles. The van der Waals surface area contributed by atoms with Gasteiger partial charge in [-0.2, -0.15) is 0 Å². The van der Waals surface area contributed by atoms with Gasteiger partial charge in [0.1, 0.15) is 4.90 Å². The highest BCUT2D eigenvalue weighted by molar-refractivity contribution is 7.89. The fourth-order valence-corrected chi connectivity index (χ4v) is 3.77. The molecule has 1 aromatic rings. The van der Waals surface area contributed by atoms with E-state index in [0.717, 1.165) is 12.8 Å². The molecule has 2 rings (SSSR count). The van der Waals surface area contributed by atoms with Crippen molar-refractivity contribution in [2.24, 2.45) is 0 Å². The van der Waals surface area contributed by atoms with E-state index in [2.05, 4.69) is 4.72 Å². The molecule has 1 aliphatic rings. The van der Waals surface area contributed by atoms with Gasteiger partial charge in [0.2, 0.25) is 10.0 Å². The van der Waals surface area contributed by atoms with Gasteiger partial charge in [0.05, 0.1) is 18.2 Å². The monoisotopic (exact) mass is 305 g/mol. The SMILES string of the molecule is O=S(=O)(NC1CCCOC1)c1cc(CO)ccc1Cl. The first-order valence-corrected chi connectivity index (χ1v) is 7.88. The minimum Gasteiger partial charge on any atom is -0.392 e. The van der Waals surface area contributed by atoms with Crippen LogP contribution >= 0.6 is 11.6 Å². The Hall–Kier alpha value is -0.660. The second kappa shape index (κ2) is 6.19. The van der Waals surface area contributed by atoms with Crippen molar-refractivity contribution in [1.29, 1.82) is 0 Å². The maximum absolute atomic E-state index is 12.3. The number of halogens is 1. The molecule has 106 valence electrons. The van der Waals surface area contributed by atoms with Crippen LogP contribution in [0.4, 0.5) is 0 Å². The molecule has 1 aromatic carbocycles. The molecular formula is C12H16ClNO4S. The van der Waals surface area contributed by atoms with E-state index in [4.69, 9.17) is 21.4 Å². The molecule has 7 heteroatoms. The Kier molecular flexibility index (Phi) is 4.81. The van der Waals surface area contributed by atoms with Crippen LogP contribution in [0.15, 0.2) is 23.1 Å². The molecular weight excluding hydrogens is 290 g/mol. The standard InChI is InChI=1S/C12H16ClNO4S/c13-11-4-3-9(7-15)6-12(11)19(16,17)14-10-2-1-5-18-8-10/h3-4,6,10,14-15H,1-2,5,7-8H2. The number of sulfonamides is 1.